The van der Waals surface area contributed by atoms with Crippen LogP contribution in [0.1, 0.15) is 36.2 Å². The molecule has 0 amide bonds. The van der Waals surface area contributed by atoms with Gasteiger partial charge in [-0.25, -0.2) is 4.98 Å². The number of fused-ring (bicyclic) bond motifs is 1. The van der Waals surface area contributed by atoms with Crippen molar-refractivity contribution in [2.45, 2.75) is 32.7 Å². The highest BCUT2D eigenvalue weighted by Gasteiger charge is 2.20. The average molecular weight is 344 g/mol. The molecular weight excluding hydrogens is 320 g/mol. The van der Waals surface area contributed by atoms with E-state index >= 15 is 0 Å². The number of benzene rings is 2. The third-order valence-electron chi connectivity index (χ3n) is 4.86. The fourth-order valence-corrected chi connectivity index (χ4v) is 3.54. The van der Waals surface area contributed by atoms with Crippen LogP contribution in [0.3, 0.4) is 0 Å². The van der Waals surface area contributed by atoms with Crippen LogP contribution in [0.15, 0.2) is 60.7 Å². The quantitative estimate of drug-likeness (QED) is 0.720. The first-order valence-corrected chi connectivity index (χ1v) is 9.23. The molecule has 1 aliphatic heterocycles. The van der Waals surface area contributed by atoms with E-state index in [0.29, 0.717) is 0 Å². The second kappa shape index (κ2) is 7.16. The lowest BCUT2D eigenvalue weighted by molar-refractivity contribution is 0.747. The van der Waals surface area contributed by atoms with E-state index in [4.69, 9.17) is 9.97 Å². The minimum absolute atomic E-state index is 0.187. The molecule has 1 unspecified atom stereocenters. The highest BCUT2D eigenvalue weighted by molar-refractivity contribution is 5.64. The van der Waals surface area contributed by atoms with E-state index in [1.54, 1.807) is 0 Å². The molecule has 0 radical (unpaired) electrons. The summed E-state index contributed by atoms with van der Waals surface area (Å²) in [5, 5.41) is 3.52. The largest absolute Gasteiger partial charge is 0.363 e. The van der Waals surface area contributed by atoms with Crippen LogP contribution in [-0.4, -0.2) is 16.5 Å². The summed E-state index contributed by atoms with van der Waals surface area (Å²) >= 11 is 0. The van der Waals surface area contributed by atoms with Crippen molar-refractivity contribution in [2.75, 3.05) is 16.8 Å². The van der Waals surface area contributed by atoms with Crippen LogP contribution < -0.4 is 10.2 Å². The summed E-state index contributed by atoms with van der Waals surface area (Å²) in [6.45, 7) is 5.14. The Bertz CT molecular complexity index is 892. The molecule has 3 aromatic rings. The van der Waals surface area contributed by atoms with Gasteiger partial charge in [-0.15, -0.1) is 0 Å². The van der Waals surface area contributed by atoms with Gasteiger partial charge in [0.15, 0.2) is 0 Å². The van der Waals surface area contributed by atoms with Gasteiger partial charge in [-0.05, 0) is 43.9 Å². The number of rotatable bonds is 4. The van der Waals surface area contributed by atoms with E-state index in [1.807, 2.05) is 19.1 Å². The summed E-state index contributed by atoms with van der Waals surface area (Å²) in [5.74, 6) is 1.65. The van der Waals surface area contributed by atoms with Crippen molar-refractivity contribution >= 4 is 17.5 Å². The van der Waals surface area contributed by atoms with Gasteiger partial charge in [-0.1, -0.05) is 48.5 Å². The number of anilines is 3. The van der Waals surface area contributed by atoms with Gasteiger partial charge in [-0.2, -0.15) is 4.98 Å². The molecule has 132 valence electrons. The fourth-order valence-electron chi connectivity index (χ4n) is 3.54. The van der Waals surface area contributed by atoms with Crippen molar-refractivity contribution in [3.05, 3.63) is 77.5 Å². The van der Waals surface area contributed by atoms with Gasteiger partial charge in [0.1, 0.15) is 5.82 Å². The topological polar surface area (TPSA) is 41.1 Å². The second-order valence-electron chi connectivity index (χ2n) is 6.86. The molecule has 1 aromatic heterocycles. The Hall–Kier alpha value is -2.88. The summed E-state index contributed by atoms with van der Waals surface area (Å²) in [6, 6.07) is 21.2. The van der Waals surface area contributed by atoms with Gasteiger partial charge >= 0.3 is 0 Å². The Morgan fingerprint density at radius 2 is 1.77 bits per heavy atom. The lowest BCUT2D eigenvalue weighted by Crippen LogP contribution is -2.26. The van der Waals surface area contributed by atoms with Crippen molar-refractivity contribution in [3.63, 3.8) is 0 Å². The smallest absolute Gasteiger partial charge is 0.232 e. The van der Waals surface area contributed by atoms with Crippen molar-refractivity contribution in [1.82, 2.24) is 9.97 Å². The maximum atomic E-state index is 4.83. The number of hydrogen-bond donors (Lipinski definition) is 1. The van der Waals surface area contributed by atoms with Crippen molar-refractivity contribution in [1.29, 1.82) is 0 Å². The molecule has 4 rings (SSSR count). The fraction of sp³-hybridized carbons (Fsp3) is 0.273. The average Bonchev–Trinajstić information content (AvgIpc) is 2.67. The van der Waals surface area contributed by atoms with Gasteiger partial charge in [0.05, 0.1) is 0 Å². The predicted molar refractivity (Wildman–Crippen MR) is 107 cm³/mol. The van der Waals surface area contributed by atoms with Crippen molar-refractivity contribution in [2.24, 2.45) is 0 Å². The molecule has 1 N–H and O–H groups in total. The van der Waals surface area contributed by atoms with Crippen LogP contribution in [0, 0.1) is 6.92 Å². The van der Waals surface area contributed by atoms with Crippen molar-refractivity contribution < 1.29 is 0 Å². The van der Waals surface area contributed by atoms with Crippen LogP contribution in [0.2, 0.25) is 0 Å². The van der Waals surface area contributed by atoms with Gasteiger partial charge in [0.25, 0.3) is 0 Å². The zero-order valence-corrected chi connectivity index (χ0v) is 15.3. The molecule has 0 aliphatic carbocycles. The molecule has 0 saturated heterocycles. The standard InChI is InChI=1S/C22H24N4/c1-16-15-21(24-17(2)18-9-4-3-5-10-18)25-22(23-16)26-14-8-12-19-11-6-7-13-20(19)26/h3-7,9-11,13,15,17H,8,12,14H2,1-2H3,(H,23,24,25). The Labute approximate surface area is 154 Å². The molecular formula is C22H24N4. The molecule has 2 heterocycles. The highest BCUT2D eigenvalue weighted by Crippen LogP contribution is 2.32. The number of nitrogens with zero attached hydrogens (tertiary/aromatic N) is 3. The van der Waals surface area contributed by atoms with E-state index in [-0.39, 0.29) is 6.04 Å². The Balaban J connectivity index is 1.63. The third-order valence-corrected chi connectivity index (χ3v) is 4.86. The summed E-state index contributed by atoms with van der Waals surface area (Å²) in [6.07, 6.45) is 2.24. The number of para-hydroxylation sites is 1. The Morgan fingerprint density at radius 1 is 1.00 bits per heavy atom. The highest BCUT2D eigenvalue weighted by atomic mass is 15.3. The zero-order chi connectivity index (χ0) is 17.9. The monoisotopic (exact) mass is 344 g/mol. The second-order valence-corrected chi connectivity index (χ2v) is 6.86. The molecule has 1 aliphatic rings. The minimum Gasteiger partial charge on any atom is -0.363 e. The Kier molecular flexibility index (Phi) is 4.57. The van der Waals surface area contributed by atoms with E-state index in [0.717, 1.165) is 36.8 Å². The third kappa shape index (κ3) is 3.40. The normalized spacial score (nSPS) is 14.6. The van der Waals surface area contributed by atoms with Gasteiger partial charge in [-0.3, -0.25) is 0 Å². The number of nitrogens with one attached hydrogen (secondary N) is 1. The first kappa shape index (κ1) is 16.6. The molecule has 0 saturated carbocycles. The minimum atomic E-state index is 0.187. The molecule has 0 spiro atoms. The van der Waals surface area contributed by atoms with Crippen LogP contribution in [0.25, 0.3) is 0 Å². The van der Waals surface area contributed by atoms with Gasteiger partial charge in [0.2, 0.25) is 5.95 Å². The number of hydrogen-bond acceptors (Lipinski definition) is 4. The molecule has 0 fully saturated rings. The lowest BCUT2D eigenvalue weighted by Gasteiger charge is -2.30. The van der Waals surface area contributed by atoms with E-state index in [9.17, 15) is 0 Å². The summed E-state index contributed by atoms with van der Waals surface area (Å²) in [4.78, 5) is 11.8. The van der Waals surface area contributed by atoms with Crippen LogP contribution in [0.4, 0.5) is 17.5 Å². The van der Waals surface area contributed by atoms with Gasteiger partial charge < -0.3 is 10.2 Å². The zero-order valence-electron chi connectivity index (χ0n) is 15.3. The molecule has 2 aromatic carbocycles. The summed E-state index contributed by atoms with van der Waals surface area (Å²) in [5.41, 5.74) is 4.82. The summed E-state index contributed by atoms with van der Waals surface area (Å²) in [7, 11) is 0. The first-order chi connectivity index (χ1) is 12.7. The maximum Gasteiger partial charge on any atom is 0.232 e. The molecule has 1 atom stereocenters. The molecule has 26 heavy (non-hydrogen) atoms. The van der Waals surface area contributed by atoms with Crippen LogP contribution >= 0.6 is 0 Å². The maximum absolute atomic E-state index is 4.83. The molecule has 4 nitrogen and oxygen atoms in total. The molecule has 4 heteroatoms. The summed E-state index contributed by atoms with van der Waals surface area (Å²) < 4.78 is 0. The first-order valence-electron chi connectivity index (χ1n) is 9.23. The Morgan fingerprint density at radius 3 is 2.62 bits per heavy atom. The van der Waals surface area contributed by atoms with Crippen LogP contribution in [0.5, 0.6) is 0 Å². The lowest BCUT2D eigenvalue weighted by atomic mass is 10.0. The van der Waals surface area contributed by atoms with E-state index in [1.165, 1.54) is 16.8 Å². The van der Waals surface area contributed by atoms with Crippen molar-refractivity contribution in [3.8, 4) is 0 Å². The predicted octanol–water partition coefficient (Wildman–Crippen LogP) is 5.04. The van der Waals surface area contributed by atoms with E-state index in [2.05, 4.69) is 65.7 Å². The van der Waals surface area contributed by atoms with Gasteiger partial charge in [0, 0.05) is 30.0 Å². The number of aromatic nitrogens is 2. The molecule has 0 bridgehead atoms. The van der Waals surface area contributed by atoms with E-state index < -0.39 is 0 Å². The number of aryl methyl sites for hydroxylation is 2. The SMILES string of the molecule is Cc1cc(NC(C)c2ccccc2)nc(N2CCCc3ccccc32)n1. The van der Waals surface area contributed by atoms with Crippen LogP contribution in [-0.2, 0) is 6.42 Å².